The zero-order valence-corrected chi connectivity index (χ0v) is 11.1. The lowest BCUT2D eigenvalue weighted by molar-refractivity contribution is 0.509. The molecular formula is C13H32. The largest absolute Gasteiger partial charge is 0.106 e. The molecule has 0 fully saturated rings. The number of hydrogen-bond acceptors (Lipinski definition) is 0. The average Bonchev–Trinajstić information content (AvgIpc) is 2.27. The molecule has 0 saturated heterocycles. The van der Waals surface area contributed by atoms with E-state index >= 15 is 0 Å². The Morgan fingerprint density at radius 1 is 0.923 bits per heavy atom. The van der Waals surface area contributed by atoms with Gasteiger partial charge in [-0.25, -0.2) is 0 Å². The fourth-order valence-electron chi connectivity index (χ4n) is 0.697. The molecule has 0 heterocycles. The summed E-state index contributed by atoms with van der Waals surface area (Å²) in [5, 5.41) is 0. The third-order valence-corrected chi connectivity index (χ3v) is 1.48. The summed E-state index contributed by atoms with van der Waals surface area (Å²) < 4.78 is 0. The first-order valence-electron chi connectivity index (χ1n) is 5.81. The summed E-state index contributed by atoms with van der Waals surface area (Å²) in [6, 6.07) is 0. The fourth-order valence-corrected chi connectivity index (χ4v) is 0.697. The van der Waals surface area contributed by atoms with Crippen molar-refractivity contribution < 1.29 is 0 Å². The second kappa shape index (κ2) is 41.1. The number of hydrogen-bond donors (Lipinski definition) is 0. The summed E-state index contributed by atoms with van der Waals surface area (Å²) in [5.74, 6) is 0.949. The predicted octanol–water partition coefficient (Wildman–Crippen LogP) is 5.69. The SMILES string of the molecule is C=C.CC.CC.CCCC(C)CC. The van der Waals surface area contributed by atoms with Crippen LogP contribution in [0.1, 0.15) is 67.7 Å². The molecule has 0 aliphatic rings. The van der Waals surface area contributed by atoms with Crippen molar-refractivity contribution in [3.63, 3.8) is 0 Å². The van der Waals surface area contributed by atoms with Crippen molar-refractivity contribution in [1.82, 2.24) is 0 Å². The summed E-state index contributed by atoms with van der Waals surface area (Å²) in [5.41, 5.74) is 0. The lowest BCUT2D eigenvalue weighted by atomic mass is 10.0. The van der Waals surface area contributed by atoms with E-state index in [0.29, 0.717) is 0 Å². The normalized spacial score (nSPS) is 8.85. The van der Waals surface area contributed by atoms with Gasteiger partial charge < -0.3 is 0 Å². The van der Waals surface area contributed by atoms with Gasteiger partial charge in [-0.15, -0.1) is 13.2 Å². The third kappa shape index (κ3) is 49.6. The molecule has 84 valence electrons. The second-order valence-corrected chi connectivity index (χ2v) is 2.30. The molecular weight excluding hydrogens is 156 g/mol. The molecule has 0 aliphatic heterocycles. The molecule has 0 rings (SSSR count). The maximum atomic E-state index is 3.00. The van der Waals surface area contributed by atoms with Gasteiger partial charge in [-0.2, -0.15) is 0 Å². The van der Waals surface area contributed by atoms with Crippen LogP contribution in [0.5, 0.6) is 0 Å². The Balaban J connectivity index is -0.0000000573. The summed E-state index contributed by atoms with van der Waals surface area (Å²) >= 11 is 0. The lowest BCUT2D eigenvalue weighted by Crippen LogP contribution is -1.88. The maximum absolute atomic E-state index is 3.00. The summed E-state index contributed by atoms with van der Waals surface area (Å²) in [4.78, 5) is 0. The van der Waals surface area contributed by atoms with E-state index in [-0.39, 0.29) is 0 Å². The van der Waals surface area contributed by atoms with E-state index in [2.05, 4.69) is 33.9 Å². The van der Waals surface area contributed by atoms with Gasteiger partial charge >= 0.3 is 0 Å². The lowest BCUT2D eigenvalue weighted by Gasteiger charge is -2.02. The van der Waals surface area contributed by atoms with E-state index in [4.69, 9.17) is 0 Å². The highest BCUT2D eigenvalue weighted by Crippen LogP contribution is 2.07. The molecule has 0 radical (unpaired) electrons. The molecule has 0 aromatic rings. The van der Waals surface area contributed by atoms with Gasteiger partial charge in [0.1, 0.15) is 0 Å². The molecule has 0 amide bonds. The smallest absolute Gasteiger partial charge is 0.0446 e. The van der Waals surface area contributed by atoms with Gasteiger partial charge in [-0.3, -0.25) is 0 Å². The Morgan fingerprint density at radius 2 is 1.23 bits per heavy atom. The van der Waals surface area contributed by atoms with Crippen LogP contribution in [-0.2, 0) is 0 Å². The number of rotatable bonds is 3. The van der Waals surface area contributed by atoms with Gasteiger partial charge in [0.25, 0.3) is 0 Å². The van der Waals surface area contributed by atoms with Crippen molar-refractivity contribution in [2.75, 3.05) is 0 Å². The molecule has 0 N–H and O–H groups in total. The Labute approximate surface area is 87.4 Å². The molecule has 1 unspecified atom stereocenters. The fraction of sp³-hybridized carbons (Fsp3) is 0.846. The van der Waals surface area contributed by atoms with Crippen LogP contribution in [0.3, 0.4) is 0 Å². The van der Waals surface area contributed by atoms with E-state index in [9.17, 15) is 0 Å². The van der Waals surface area contributed by atoms with Gasteiger partial charge in [-0.05, 0) is 5.92 Å². The van der Waals surface area contributed by atoms with Gasteiger partial charge in [0.2, 0.25) is 0 Å². The molecule has 0 nitrogen and oxygen atoms in total. The average molecular weight is 188 g/mol. The van der Waals surface area contributed by atoms with Gasteiger partial charge in [0, 0.05) is 0 Å². The molecule has 1 atom stereocenters. The van der Waals surface area contributed by atoms with Gasteiger partial charge in [-0.1, -0.05) is 67.7 Å². The van der Waals surface area contributed by atoms with E-state index in [0.717, 1.165) is 5.92 Å². The van der Waals surface area contributed by atoms with Crippen molar-refractivity contribution in [3.8, 4) is 0 Å². The monoisotopic (exact) mass is 188 g/mol. The van der Waals surface area contributed by atoms with Gasteiger partial charge in [0.15, 0.2) is 0 Å². The van der Waals surface area contributed by atoms with Crippen LogP contribution in [0.2, 0.25) is 0 Å². The van der Waals surface area contributed by atoms with Crippen LogP contribution in [-0.4, -0.2) is 0 Å². The third-order valence-electron chi connectivity index (χ3n) is 1.48. The van der Waals surface area contributed by atoms with Crippen LogP contribution in [0.4, 0.5) is 0 Å². The van der Waals surface area contributed by atoms with Crippen molar-refractivity contribution >= 4 is 0 Å². The van der Waals surface area contributed by atoms with Crippen LogP contribution in [0, 0.1) is 5.92 Å². The molecule has 13 heavy (non-hydrogen) atoms. The van der Waals surface area contributed by atoms with E-state index in [1.54, 1.807) is 0 Å². The minimum atomic E-state index is 0.949. The Bertz CT molecular complexity index is 39.3. The Morgan fingerprint density at radius 3 is 1.31 bits per heavy atom. The van der Waals surface area contributed by atoms with E-state index < -0.39 is 0 Å². The second-order valence-electron chi connectivity index (χ2n) is 2.30. The molecule has 0 spiro atoms. The quantitative estimate of drug-likeness (QED) is 0.499. The zero-order valence-electron chi connectivity index (χ0n) is 11.1. The molecule has 0 saturated carbocycles. The van der Waals surface area contributed by atoms with E-state index in [1.165, 1.54) is 19.3 Å². The van der Waals surface area contributed by atoms with Crippen molar-refractivity contribution in [2.24, 2.45) is 5.92 Å². The van der Waals surface area contributed by atoms with Gasteiger partial charge in [0.05, 0.1) is 0 Å². The first kappa shape index (κ1) is 23.0. The molecule has 0 heteroatoms. The Kier molecular flexibility index (Phi) is 72.7. The summed E-state index contributed by atoms with van der Waals surface area (Å²) in [6.45, 7) is 20.8. The first-order chi connectivity index (χ1) is 6.31. The highest BCUT2D eigenvalue weighted by molar-refractivity contribution is 4.45. The standard InChI is InChI=1S/C7H16.2C2H6.C2H4/c1-4-6-7(3)5-2;3*1-2/h7H,4-6H2,1-3H3;2*1-2H3;1-2H2. The zero-order chi connectivity index (χ0) is 11.7. The molecule has 0 aromatic carbocycles. The highest BCUT2D eigenvalue weighted by atomic mass is 14.0. The topological polar surface area (TPSA) is 0 Å². The van der Waals surface area contributed by atoms with Crippen LogP contribution in [0.25, 0.3) is 0 Å². The minimum absolute atomic E-state index is 0.949. The van der Waals surface area contributed by atoms with E-state index in [1.807, 2.05) is 27.7 Å². The summed E-state index contributed by atoms with van der Waals surface area (Å²) in [7, 11) is 0. The van der Waals surface area contributed by atoms with Crippen molar-refractivity contribution in [2.45, 2.75) is 67.7 Å². The molecule has 0 aromatic heterocycles. The van der Waals surface area contributed by atoms with Crippen molar-refractivity contribution in [3.05, 3.63) is 13.2 Å². The predicted molar refractivity (Wildman–Crippen MR) is 68.3 cm³/mol. The van der Waals surface area contributed by atoms with Crippen LogP contribution < -0.4 is 0 Å². The van der Waals surface area contributed by atoms with Crippen molar-refractivity contribution in [1.29, 1.82) is 0 Å². The van der Waals surface area contributed by atoms with Crippen LogP contribution >= 0.6 is 0 Å². The maximum Gasteiger partial charge on any atom is -0.0446 e. The van der Waals surface area contributed by atoms with Crippen LogP contribution in [0.15, 0.2) is 13.2 Å². The molecule has 0 bridgehead atoms. The summed E-state index contributed by atoms with van der Waals surface area (Å²) in [6.07, 6.45) is 4.08. The highest BCUT2D eigenvalue weighted by Gasteiger charge is 1.92. The molecule has 0 aliphatic carbocycles. The first-order valence-corrected chi connectivity index (χ1v) is 5.81. The minimum Gasteiger partial charge on any atom is -0.106 e. The Hall–Kier alpha value is -0.260.